The third-order valence-electron chi connectivity index (χ3n) is 2.23. The third kappa shape index (κ3) is 2.86. The van der Waals surface area contributed by atoms with Gasteiger partial charge in [-0.05, 0) is 19.9 Å². The molecular weight excluding hydrogens is 200 g/mol. The fourth-order valence-corrected chi connectivity index (χ4v) is 1.21. The van der Waals surface area contributed by atoms with Gasteiger partial charge in [-0.3, -0.25) is 4.98 Å². The monoisotopic (exact) mass is 214 g/mol. The minimum Gasteiger partial charge on any atom is -0.380 e. The molecule has 0 saturated heterocycles. The summed E-state index contributed by atoms with van der Waals surface area (Å²) in [5.74, 6) is 0. The first-order valence-corrected chi connectivity index (χ1v) is 4.91. The molecule has 14 heavy (non-hydrogen) atoms. The summed E-state index contributed by atoms with van der Waals surface area (Å²) in [6, 6.07) is 1.95. The Bertz CT molecular complexity index is 293. The van der Waals surface area contributed by atoms with Gasteiger partial charge in [-0.2, -0.15) is 0 Å². The van der Waals surface area contributed by atoms with E-state index in [1.807, 2.05) is 13.8 Å². The molecule has 0 fully saturated rings. The zero-order valence-corrected chi connectivity index (χ0v) is 9.38. The molecule has 0 spiro atoms. The second-order valence-electron chi connectivity index (χ2n) is 3.23. The van der Waals surface area contributed by atoms with Gasteiger partial charge in [-0.15, -0.1) is 0 Å². The smallest absolute Gasteiger partial charge is 0.0741 e. The summed E-state index contributed by atoms with van der Waals surface area (Å²) in [4.78, 5) is 4.00. The predicted octanol–water partition coefficient (Wildman–Crippen LogP) is 2.57. The maximum absolute atomic E-state index is 5.97. The molecular formula is C10H15ClN2O. The number of pyridine rings is 1. The Balaban J connectivity index is 2.64. The summed E-state index contributed by atoms with van der Waals surface area (Å²) in [5, 5.41) is 3.92. The minimum atomic E-state index is 0.131. The van der Waals surface area contributed by atoms with Crippen molar-refractivity contribution in [1.82, 2.24) is 4.98 Å². The Morgan fingerprint density at radius 3 is 2.79 bits per heavy atom. The first kappa shape index (κ1) is 11.3. The van der Waals surface area contributed by atoms with Crippen LogP contribution in [0.3, 0.4) is 0 Å². The first-order chi connectivity index (χ1) is 6.65. The van der Waals surface area contributed by atoms with Crippen molar-refractivity contribution in [2.45, 2.75) is 26.0 Å². The highest BCUT2D eigenvalue weighted by atomic mass is 35.5. The van der Waals surface area contributed by atoms with Gasteiger partial charge >= 0.3 is 0 Å². The van der Waals surface area contributed by atoms with Gasteiger partial charge in [0.25, 0.3) is 0 Å². The Labute approximate surface area is 89.4 Å². The van der Waals surface area contributed by atoms with Gasteiger partial charge in [-0.1, -0.05) is 11.6 Å². The molecule has 0 radical (unpaired) electrons. The Morgan fingerprint density at radius 1 is 1.50 bits per heavy atom. The van der Waals surface area contributed by atoms with Crippen LogP contribution in [-0.2, 0) is 4.74 Å². The molecule has 0 aliphatic rings. The molecule has 4 heteroatoms. The molecule has 1 aromatic rings. The number of methoxy groups -OCH3 is 1. The molecule has 3 nitrogen and oxygen atoms in total. The standard InChI is InChI=1S/C10H15ClN2O/c1-7(8(2)14-3)13-10-6-12-5-4-9(10)11/h4-8,13H,1-3H3. The van der Waals surface area contributed by atoms with Gasteiger partial charge in [0, 0.05) is 19.3 Å². The number of ether oxygens (including phenoxy) is 1. The van der Waals surface area contributed by atoms with E-state index in [1.165, 1.54) is 0 Å². The molecule has 2 unspecified atom stereocenters. The summed E-state index contributed by atoms with van der Waals surface area (Å²) in [6.45, 7) is 4.04. The fraction of sp³-hybridized carbons (Fsp3) is 0.500. The molecule has 1 rings (SSSR count). The highest BCUT2D eigenvalue weighted by Crippen LogP contribution is 2.20. The van der Waals surface area contributed by atoms with Crippen LogP contribution in [0, 0.1) is 0 Å². The molecule has 1 N–H and O–H groups in total. The number of hydrogen-bond acceptors (Lipinski definition) is 3. The lowest BCUT2D eigenvalue weighted by Crippen LogP contribution is -2.29. The van der Waals surface area contributed by atoms with Crippen molar-refractivity contribution in [3.63, 3.8) is 0 Å². The lowest BCUT2D eigenvalue weighted by molar-refractivity contribution is 0.106. The summed E-state index contributed by atoms with van der Waals surface area (Å²) in [5.41, 5.74) is 0.838. The highest BCUT2D eigenvalue weighted by molar-refractivity contribution is 6.33. The van der Waals surface area contributed by atoms with E-state index in [0.29, 0.717) is 5.02 Å². The molecule has 2 atom stereocenters. The SMILES string of the molecule is COC(C)C(C)Nc1cnccc1Cl. The van der Waals surface area contributed by atoms with Crippen LogP contribution in [0.2, 0.25) is 5.02 Å². The van der Waals surface area contributed by atoms with Gasteiger partial charge in [0.2, 0.25) is 0 Å². The lowest BCUT2D eigenvalue weighted by atomic mass is 10.2. The second kappa shape index (κ2) is 5.17. The third-order valence-corrected chi connectivity index (χ3v) is 2.56. The Kier molecular flexibility index (Phi) is 4.17. The molecule has 1 aromatic heterocycles. The zero-order chi connectivity index (χ0) is 10.6. The molecule has 0 amide bonds. The summed E-state index contributed by atoms with van der Waals surface area (Å²) in [6.07, 6.45) is 3.50. The highest BCUT2D eigenvalue weighted by Gasteiger charge is 2.11. The van der Waals surface area contributed by atoms with Crippen molar-refractivity contribution in [2.24, 2.45) is 0 Å². The van der Waals surface area contributed by atoms with E-state index in [2.05, 4.69) is 10.3 Å². The summed E-state index contributed by atoms with van der Waals surface area (Å²) < 4.78 is 5.20. The van der Waals surface area contributed by atoms with Crippen molar-refractivity contribution in [1.29, 1.82) is 0 Å². The van der Waals surface area contributed by atoms with Crippen LogP contribution >= 0.6 is 11.6 Å². The number of aromatic nitrogens is 1. The number of nitrogens with one attached hydrogen (secondary N) is 1. The van der Waals surface area contributed by atoms with Gasteiger partial charge in [0.1, 0.15) is 0 Å². The van der Waals surface area contributed by atoms with Gasteiger partial charge in [-0.25, -0.2) is 0 Å². The molecule has 0 bridgehead atoms. The van der Waals surface area contributed by atoms with Crippen molar-refractivity contribution in [3.05, 3.63) is 23.5 Å². The molecule has 78 valence electrons. The van der Waals surface area contributed by atoms with Crippen LogP contribution in [0.15, 0.2) is 18.5 Å². The fourth-order valence-electron chi connectivity index (χ4n) is 1.05. The minimum absolute atomic E-state index is 0.131. The van der Waals surface area contributed by atoms with Gasteiger partial charge < -0.3 is 10.1 Å². The van der Waals surface area contributed by atoms with Crippen molar-refractivity contribution in [3.8, 4) is 0 Å². The van der Waals surface area contributed by atoms with Crippen LogP contribution < -0.4 is 5.32 Å². The van der Waals surface area contributed by atoms with Crippen molar-refractivity contribution >= 4 is 17.3 Å². The van der Waals surface area contributed by atoms with Crippen molar-refractivity contribution in [2.75, 3.05) is 12.4 Å². The van der Waals surface area contributed by atoms with E-state index in [4.69, 9.17) is 16.3 Å². The second-order valence-corrected chi connectivity index (χ2v) is 3.64. The molecule has 0 aromatic carbocycles. The van der Waals surface area contributed by atoms with E-state index in [1.54, 1.807) is 25.6 Å². The average Bonchev–Trinajstić information content (AvgIpc) is 2.20. The Hall–Kier alpha value is -0.800. The Morgan fingerprint density at radius 2 is 2.21 bits per heavy atom. The number of rotatable bonds is 4. The zero-order valence-electron chi connectivity index (χ0n) is 8.62. The van der Waals surface area contributed by atoms with E-state index >= 15 is 0 Å². The summed E-state index contributed by atoms with van der Waals surface area (Å²) >= 11 is 5.97. The topological polar surface area (TPSA) is 34.1 Å². The molecule has 0 saturated carbocycles. The van der Waals surface area contributed by atoms with Gasteiger partial charge in [0.15, 0.2) is 0 Å². The number of nitrogens with zero attached hydrogens (tertiary/aromatic N) is 1. The first-order valence-electron chi connectivity index (χ1n) is 4.54. The maximum Gasteiger partial charge on any atom is 0.0741 e. The van der Waals surface area contributed by atoms with E-state index < -0.39 is 0 Å². The van der Waals surface area contributed by atoms with Crippen LogP contribution in [-0.4, -0.2) is 24.2 Å². The van der Waals surface area contributed by atoms with E-state index in [0.717, 1.165) is 5.69 Å². The molecule has 0 aliphatic heterocycles. The van der Waals surface area contributed by atoms with Crippen LogP contribution in [0.5, 0.6) is 0 Å². The molecule has 0 aliphatic carbocycles. The maximum atomic E-state index is 5.97. The van der Waals surface area contributed by atoms with Crippen LogP contribution in [0.4, 0.5) is 5.69 Å². The average molecular weight is 215 g/mol. The van der Waals surface area contributed by atoms with E-state index in [-0.39, 0.29) is 12.1 Å². The summed E-state index contributed by atoms with van der Waals surface area (Å²) in [7, 11) is 1.69. The number of hydrogen-bond donors (Lipinski definition) is 1. The van der Waals surface area contributed by atoms with Crippen LogP contribution in [0.25, 0.3) is 0 Å². The largest absolute Gasteiger partial charge is 0.380 e. The van der Waals surface area contributed by atoms with Gasteiger partial charge in [0.05, 0.1) is 23.0 Å². The van der Waals surface area contributed by atoms with Crippen molar-refractivity contribution < 1.29 is 4.74 Å². The number of halogens is 1. The normalized spacial score (nSPS) is 14.9. The predicted molar refractivity (Wildman–Crippen MR) is 58.8 cm³/mol. The number of anilines is 1. The van der Waals surface area contributed by atoms with Crippen LogP contribution in [0.1, 0.15) is 13.8 Å². The van der Waals surface area contributed by atoms with E-state index in [9.17, 15) is 0 Å². The quantitative estimate of drug-likeness (QED) is 0.837. The molecule has 1 heterocycles. The lowest BCUT2D eigenvalue weighted by Gasteiger charge is -2.21.